The molecule has 4 heteroatoms. The van der Waals surface area contributed by atoms with Crippen molar-refractivity contribution in [3.63, 3.8) is 0 Å². The number of piperidine rings is 1. The normalized spacial score (nSPS) is 21.5. The Morgan fingerprint density at radius 1 is 1.50 bits per heavy atom. The molecule has 0 aromatic rings. The quantitative estimate of drug-likeness (QED) is 0.661. The molecule has 1 unspecified atom stereocenters. The first-order chi connectivity index (χ1) is 7.79. The highest BCUT2D eigenvalue weighted by molar-refractivity contribution is 5.82. The average molecular weight is 228 g/mol. The van der Waals surface area contributed by atoms with Crippen molar-refractivity contribution in [3.8, 4) is 0 Å². The first-order valence-electron chi connectivity index (χ1n) is 6.39. The van der Waals surface area contributed by atoms with Crippen LogP contribution in [0.15, 0.2) is 0 Å². The van der Waals surface area contributed by atoms with Crippen LogP contribution in [0.4, 0.5) is 0 Å². The van der Waals surface area contributed by atoms with E-state index in [1.807, 2.05) is 11.8 Å². The molecule has 0 radical (unpaired) electrons. The minimum atomic E-state index is 0.0373. The molecule has 0 saturated carbocycles. The summed E-state index contributed by atoms with van der Waals surface area (Å²) in [5.41, 5.74) is 0. The summed E-state index contributed by atoms with van der Waals surface area (Å²) in [6.07, 6.45) is 3.14. The van der Waals surface area contributed by atoms with Crippen molar-refractivity contribution >= 4 is 5.91 Å². The molecule has 0 bridgehead atoms. The molecule has 94 valence electrons. The molecule has 1 rings (SSSR count). The number of carbonyl (C=O) groups excluding carboxylic acids is 1. The van der Waals surface area contributed by atoms with E-state index in [1.54, 1.807) is 0 Å². The molecule has 1 atom stereocenters. The van der Waals surface area contributed by atoms with Crippen molar-refractivity contribution in [3.05, 3.63) is 0 Å². The maximum Gasteiger partial charge on any atom is 0.239 e. The Labute approximate surface area is 98.3 Å². The highest BCUT2D eigenvalue weighted by Crippen LogP contribution is 2.11. The second-order valence-corrected chi connectivity index (χ2v) is 4.17. The van der Waals surface area contributed by atoms with Gasteiger partial charge in [0.25, 0.3) is 0 Å². The SMILES string of the molecule is CCCNC1CCCN(CCOCC)C1=O. The van der Waals surface area contributed by atoms with Gasteiger partial charge in [-0.15, -0.1) is 0 Å². The Morgan fingerprint density at radius 2 is 2.31 bits per heavy atom. The Kier molecular flexibility index (Phi) is 6.42. The molecule has 4 nitrogen and oxygen atoms in total. The van der Waals surface area contributed by atoms with E-state index in [1.165, 1.54) is 0 Å². The van der Waals surface area contributed by atoms with Gasteiger partial charge in [0.15, 0.2) is 0 Å². The summed E-state index contributed by atoms with van der Waals surface area (Å²) in [6, 6.07) is 0.0373. The van der Waals surface area contributed by atoms with Gasteiger partial charge in [0.1, 0.15) is 0 Å². The zero-order valence-corrected chi connectivity index (χ0v) is 10.5. The topological polar surface area (TPSA) is 41.6 Å². The molecule has 0 aromatic heterocycles. The third kappa shape index (κ3) is 4.10. The zero-order valence-electron chi connectivity index (χ0n) is 10.5. The van der Waals surface area contributed by atoms with Crippen LogP contribution in [-0.4, -0.2) is 49.7 Å². The molecular weight excluding hydrogens is 204 g/mol. The fraction of sp³-hybridized carbons (Fsp3) is 0.917. The first kappa shape index (κ1) is 13.5. The van der Waals surface area contributed by atoms with Gasteiger partial charge in [-0.1, -0.05) is 6.92 Å². The van der Waals surface area contributed by atoms with E-state index in [2.05, 4.69) is 12.2 Å². The van der Waals surface area contributed by atoms with E-state index in [0.717, 1.165) is 45.5 Å². The van der Waals surface area contributed by atoms with E-state index in [4.69, 9.17) is 4.74 Å². The van der Waals surface area contributed by atoms with Crippen molar-refractivity contribution in [2.45, 2.75) is 39.2 Å². The Balaban J connectivity index is 2.32. The molecule has 0 aliphatic carbocycles. The first-order valence-corrected chi connectivity index (χ1v) is 6.39. The van der Waals surface area contributed by atoms with Crippen LogP contribution in [0, 0.1) is 0 Å². The molecule has 1 aliphatic rings. The van der Waals surface area contributed by atoms with Crippen LogP contribution < -0.4 is 5.32 Å². The minimum Gasteiger partial charge on any atom is -0.380 e. The van der Waals surface area contributed by atoms with E-state index in [-0.39, 0.29) is 11.9 Å². The van der Waals surface area contributed by atoms with Crippen molar-refractivity contribution in [1.82, 2.24) is 10.2 Å². The van der Waals surface area contributed by atoms with Crippen molar-refractivity contribution in [2.24, 2.45) is 0 Å². The molecule has 1 heterocycles. The maximum atomic E-state index is 12.0. The van der Waals surface area contributed by atoms with Gasteiger partial charge >= 0.3 is 0 Å². The lowest BCUT2D eigenvalue weighted by Gasteiger charge is -2.32. The van der Waals surface area contributed by atoms with Gasteiger partial charge in [-0.3, -0.25) is 4.79 Å². The largest absolute Gasteiger partial charge is 0.380 e. The summed E-state index contributed by atoms with van der Waals surface area (Å²) in [5, 5.41) is 3.31. The summed E-state index contributed by atoms with van der Waals surface area (Å²) in [7, 11) is 0. The highest BCUT2D eigenvalue weighted by atomic mass is 16.5. The number of amides is 1. The Hall–Kier alpha value is -0.610. The molecule has 0 aromatic carbocycles. The van der Waals surface area contributed by atoms with E-state index in [0.29, 0.717) is 6.61 Å². The van der Waals surface area contributed by atoms with E-state index in [9.17, 15) is 4.79 Å². The molecule has 1 aliphatic heterocycles. The number of nitrogens with zero attached hydrogens (tertiary/aromatic N) is 1. The summed E-state index contributed by atoms with van der Waals surface area (Å²) >= 11 is 0. The van der Waals surface area contributed by atoms with Gasteiger partial charge < -0.3 is 15.0 Å². The van der Waals surface area contributed by atoms with Gasteiger partial charge in [0.05, 0.1) is 12.6 Å². The number of hydrogen-bond acceptors (Lipinski definition) is 3. The van der Waals surface area contributed by atoms with Crippen LogP contribution >= 0.6 is 0 Å². The van der Waals surface area contributed by atoms with Crippen LogP contribution in [0.1, 0.15) is 33.1 Å². The number of hydrogen-bond donors (Lipinski definition) is 1. The van der Waals surface area contributed by atoms with Crippen LogP contribution in [0.25, 0.3) is 0 Å². The summed E-state index contributed by atoms with van der Waals surface area (Å²) in [4.78, 5) is 14.0. The molecule has 1 N–H and O–H groups in total. The standard InChI is InChI=1S/C12H24N2O2/c1-3-7-13-11-6-5-8-14(12(11)15)9-10-16-4-2/h11,13H,3-10H2,1-2H3. The van der Waals surface area contributed by atoms with Gasteiger partial charge in [-0.2, -0.15) is 0 Å². The summed E-state index contributed by atoms with van der Waals surface area (Å²) in [5.74, 6) is 0.249. The lowest BCUT2D eigenvalue weighted by molar-refractivity contribution is -0.136. The maximum absolute atomic E-state index is 12.0. The second-order valence-electron chi connectivity index (χ2n) is 4.17. The Morgan fingerprint density at radius 3 is 3.00 bits per heavy atom. The third-order valence-electron chi connectivity index (χ3n) is 2.88. The fourth-order valence-electron chi connectivity index (χ4n) is 1.99. The minimum absolute atomic E-state index is 0.0373. The predicted octanol–water partition coefficient (Wildman–Crippen LogP) is 1.01. The third-order valence-corrected chi connectivity index (χ3v) is 2.88. The lowest BCUT2D eigenvalue weighted by Crippen LogP contribution is -2.51. The van der Waals surface area contributed by atoms with Crippen molar-refractivity contribution < 1.29 is 9.53 Å². The molecular formula is C12H24N2O2. The Bertz CT molecular complexity index is 209. The highest BCUT2D eigenvalue weighted by Gasteiger charge is 2.27. The predicted molar refractivity (Wildman–Crippen MR) is 64.4 cm³/mol. The van der Waals surface area contributed by atoms with E-state index < -0.39 is 0 Å². The van der Waals surface area contributed by atoms with E-state index >= 15 is 0 Å². The van der Waals surface area contributed by atoms with Crippen molar-refractivity contribution in [1.29, 1.82) is 0 Å². The summed E-state index contributed by atoms with van der Waals surface area (Å²) in [6.45, 7) is 8.02. The van der Waals surface area contributed by atoms with Crippen LogP contribution in [0.2, 0.25) is 0 Å². The molecule has 1 amide bonds. The van der Waals surface area contributed by atoms with Crippen LogP contribution in [-0.2, 0) is 9.53 Å². The monoisotopic (exact) mass is 228 g/mol. The average Bonchev–Trinajstić information content (AvgIpc) is 2.30. The second kappa shape index (κ2) is 7.63. The van der Waals surface area contributed by atoms with Gasteiger partial charge in [-0.25, -0.2) is 0 Å². The molecule has 1 fully saturated rings. The number of ether oxygens (including phenoxy) is 1. The molecule has 0 spiro atoms. The number of carbonyl (C=O) groups is 1. The molecule has 16 heavy (non-hydrogen) atoms. The van der Waals surface area contributed by atoms with Gasteiger partial charge in [-0.05, 0) is 32.7 Å². The number of likely N-dealkylation sites (tertiary alicyclic amines) is 1. The number of rotatable bonds is 7. The zero-order chi connectivity index (χ0) is 11.8. The fourth-order valence-corrected chi connectivity index (χ4v) is 1.99. The lowest BCUT2D eigenvalue weighted by atomic mass is 10.0. The van der Waals surface area contributed by atoms with Crippen LogP contribution in [0.5, 0.6) is 0 Å². The summed E-state index contributed by atoms with van der Waals surface area (Å²) < 4.78 is 5.29. The molecule has 1 saturated heterocycles. The van der Waals surface area contributed by atoms with Crippen molar-refractivity contribution in [2.75, 3.05) is 32.8 Å². The smallest absolute Gasteiger partial charge is 0.239 e. The van der Waals surface area contributed by atoms with Gasteiger partial charge in [0.2, 0.25) is 5.91 Å². The number of nitrogens with one attached hydrogen (secondary N) is 1. The van der Waals surface area contributed by atoms with Gasteiger partial charge in [0, 0.05) is 19.7 Å². The van der Waals surface area contributed by atoms with Crippen LogP contribution in [0.3, 0.4) is 0 Å².